The molecule has 0 aromatic heterocycles. The lowest BCUT2D eigenvalue weighted by molar-refractivity contribution is -0.135. The van der Waals surface area contributed by atoms with Crippen molar-refractivity contribution in [3.05, 3.63) is 0 Å². The maximum atomic E-state index is 12.5. The highest BCUT2D eigenvalue weighted by Gasteiger charge is 2.35. The Balaban J connectivity index is 1.98. The van der Waals surface area contributed by atoms with Gasteiger partial charge in [-0.15, -0.1) is 0 Å². The van der Waals surface area contributed by atoms with Crippen LogP contribution in [0.15, 0.2) is 0 Å². The Kier molecular flexibility index (Phi) is 4.08. The minimum atomic E-state index is 0.0816. The van der Waals surface area contributed by atoms with Crippen molar-refractivity contribution in [1.29, 1.82) is 0 Å². The van der Waals surface area contributed by atoms with Gasteiger partial charge in [-0.1, -0.05) is 13.8 Å². The molecule has 2 heterocycles. The van der Waals surface area contributed by atoms with Crippen LogP contribution >= 0.6 is 0 Å². The summed E-state index contributed by atoms with van der Waals surface area (Å²) in [5, 5.41) is 3.46. The van der Waals surface area contributed by atoms with Crippen LogP contribution in [0.25, 0.3) is 0 Å². The Morgan fingerprint density at radius 2 is 2.00 bits per heavy atom. The molecule has 0 aliphatic carbocycles. The summed E-state index contributed by atoms with van der Waals surface area (Å²) >= 11 is 0. The topological polar surface area (TPSA) is 32.3 Å². The molecule has 0 radical (unpaired) electrons. The van der Waals surface area contributed by atoms with Gasteiger partial charge in [0.2, 0.25) is 5.91 Å². The van der Waals surface area contributed by atoms with Gasteiger partial charge in [-0.2, -0.15) is 0 Å². The van der Waals surface area contributed by atoms with Crippen LogP contribution in [0.1, 0.15) is 52.9 Å². The number of likely N-dealkylation sites (tertiary alicyclic amines) is 1. The summed E-state index contributed by atoms with van der Waals surface area (Å²) in [6, 6.07) is 1.05. The van der Waals surface area contributed by atoms with E-state index in [1.54, 1.807) is 0 Å². The van der Waals surface area contributed by atoms with Gasteiger partial charge in [-0.25, -0.2) is 0 Å². The first kappa shape index (κ1) is 12.9. The lowest BCUT2D eigenvalue weighted by atomic mass is 9.97. The van der Waals surface area contributed by atoms with E-state index in [1.807, 2.05) is 0 Å². The molecular formula is C14H26N2O. The highest BCUT2D eigenvalue weighted by atomic mass is 16.2. The van der Waals surface area contributed by atoms with Crippen LogP contribution in [0.4, 0.5) is 0 Å². The second-order valence-corrected chi connectivity index (χ2v) is 6.04. The molecule has 3 nitrogen and oxygen atoms in total. The minimum Gasteiger partial charge on any atom is -0.338 e. The maximum absolute atomic E-state index is 12.5. The van der Waals surface area contributed by atoms with Crippen molar-refractivity contribution in [3.8, 4) is 0 Å². The van der Waals surface area contributed by atoms with E-state index >= 15 is 0 Å². The average molecular weight is 238 g/mol. The van der Waals surface area contributed by atoms with Gasteiger partial charge in [0.05, 0.1) is 6.04 Å². The predicted molar refractivity (Wildman–Crippen MR) is 69.8 cm³/mol. The lowest BCUT2D eigenvalue weighted by Gasteiger charge is -2.34. The van der Waals surface area contributed by atoms with Crippen LogP contribution in [-0.4, -0.2) is 35.5 Å². The maximum Gasteiger partial charge on any atom is 0.239 e. The van der Waals surface area contributed by atoms with Crippen LogP contribution < -0.4 is 5.32 Å². The van der Waals surface area contributed by atoms with Gasteiger partial charge in [0, 0.05) is 18.6 Å². The highest BCUT2D eigenvalue weighted by Crippen LogP contribution is 2.26. The zero-order valence-corrected chi connectivity index (χ0v) is 11.4. The summed E-state index contributed by atoms with van der Waals surface area (Å²) in [6.07, 6.45) is 5.77. The third kappa shape index (κ3) is 2.82. The molecule has 98 valence electrons. The molecule has 2 fully saturated rings. The zero-order valence-electron chi connectivity index (χ0n) is 11.4. The van der Waals surface area contributed by atoms with Crippen molar-refractivity contribution in [2.75, 3.05) is 6.54 Å². The number of amides is 1. The predicted octanol–water partition coefficient (Wildman–Crippen LogP) is 2.16. The summed E-state index contributed by atoms with van der Waals surface area (Å²) in [5.41, 5.74) is 0. The molecule has 0 bridgehead atoms. The molecule has 17 heavy (non-hydrogen) atoms. The monoisotopic (exact) mass is 238 g/mol. The van der Waals surface area contributed by atoms with E-state index in [4.69, 9.17) is 0 Å². The fourth-order valence-electron chi connectivity index (χ4n) is 3.29. The van der Waals surface area contributed by atoms with E-state index in [0.717, 1.165) is 13.0 Å². The number of carbonyl (C=O) groups excluding carboxylic acids is 1. The van der Waals surface area contributed by atoms with Crippen molar-refractivity contribution < 1.29 is 4.79 Å². The number of nitrogens with zero attached hydrogens (tertiary/aromatic N) is 1. The summed E-state index contributed by atoms with van der Waals surface area (Å²) in [6.45, 7) is 7.61. The molecule has 3 unspecified atom stereocenters. The summed E-state index contributed by atoms with van der Waals surface area (Å²) in [5.74, 6) is 0.940. The molecule has 1 amide bonds. The molecule has 3 atom stereocenters. The minimum absolute atomic E-state index is 0.0816. The molecule has 0 aromatic rings. The molecule has 0 aromatic carbocycles. The highest BCUT2D eigenvalue weighted by molar-refractivity contribution is 5.82. The Morgan fingerprint density at radius 1 is 1.24 bits per heavy atom. The molecule has 2 saturated heterocycles. The fourth-order valence-corrected chi connectivity index (χ4v) is 3.29. The van der Waals surface area contributed by atoms with Gasteiger partial charge in [0.25, 0.3) is 0 Å². The normalized spacial score (nSPS) is 34.4. The third-order valence-corrected chi connectivity index (χ3v) is 4.27. The van der Waals surface area contributed by atoms with Crippen LogP contribution in [0.3, 0.4) is 0 Å². The number of nitrogens with one attached hydrogen (secondary N) is 1. The first-order valence-electron chi connectivity index (χ1n) is 7.16. The molecule has 3 heteroatoms. The lowest BCUT2D eigenvalue weighted by Crippen LogP contribution is -2.53. The van der Waals surface area contributed by atoms with Crippen LogP contribution in [-0.2, 0) is 4.79 Å². The number of rotatable bonds is 2. The second-order valence-electron chi connectivity index (χ2n) is 6.04. The number of piperidine rings is 1. The summed E-state index contributed by atoms with van der Waals surface area (Å²) in [7, 11) is 0. The van der Waals surface area contributed by atoms with Crippen LogP contribution in [0.2, 0.25) is 0 Å². The first-order valence-corrected chi connectivity index (χ1v) is 7.16. The summed E-state index contributed by atoms with van der Waals surface area (Å²) in [4.78, 5) is 14.7. The number of hydrogen-bond donors (Lipinski definition) is 1. The van der Waals surface area contributed by atoms with Gasteiger partial charge in [0.1, 0.15) is 0 Å². The quantitative estimate of drug-likeness (QED) is 0.799. The van der Waals surface area contributed by atoms with Gasteiger partial charge in [-0.3, -0.25) is 4.79 Å². The van der Waals surface area contributed by atoms with Gasteiger partial charge >= 0.3 is 0 Å². The Hall–Kier alpha value is -0.570. The van der Waals surface area contributed by atoms with E-state index in [2.05, 4.69) is 31.0 Å². The standard InChI is InChI=1S/C14H26N2O/c1-10(2)13-8-5-9-16(13)14(17)12-7-4-6-11(3)15-12/h10-13,15H,4-9H2,1-3H3. The van der Waals surface area contributed by atoms with Crippen molar-refractivity contribution >= 4 is 5.91 Å². The van der Waals surface area contributed by atoms with E-state index in [9.17, 15) is 4.79 Å². The van der Waals surface area contributed by atoms with Crippen molar-refractivity contribution in [2.24, 2.45) is 5.92 Å². The number of carbonyl (C=O) groups is 1. The van der Waals surface area contributed by atoms with E-state index in [-0.39, 0.29) is 6.04 Å². The second kappa shape index (κ2) is 5.38. The largest absolute Gasteiger partial charge is 0.338 e. The smallest absolute Gasteiger partial charge is 0.239 e. The van der Waals surface area contributed by atoms with Gasteiger partial charge in [-0.05, 0) is 44.9 Å². The van der Waals surface area contributed by atoms with Gasteiger partial charge < -0.3 is 10.2 Å². The molecule has 2 aliphatic rings. The van der Waals surface area contributed by atoms with Gasteiger partial charge in [0.15, 0.2) is 0 Å². The SMILES string of the molecule is CC1CCCC(C(=O)N2CCCC2C(C)C)N1. The molecule has 2 rings (SSSR count). The zero-order chi connectivity index (χ0) is 12.4. The number of hydrogen-bond acceptors (Lipinski definition) is 2. The van der Waals surface area contributed by atoms with Crippen molar-refractivity contribution in [2.45, 2.75) is 71.0 Å². The Morgan fingerprint density at radius 3 is 2.65 bits per heavy atom. The fraction of sp³-hybridized carbons (Fsp3) is 0.929. The van der Waals surface area contributed by atoms with E-state index < -0.39 is 0 Å². The Bertz CT molecular complexity index is 277. The van der Waals surface area contributed by atoms with E-state index in [1.165, 1.54) is 25.7 Å². The molecule has 0 spiro atoms. The Labute approximate surface area is 105 Å². The molecule has 1 N–H and O–H groups in total. The molecular weight excluding hydrogens is 212 g/mol. The first-order chi connectivity index (χ1) is 8.09. The molecule has 2 aliphatic heterocycles. The van der Waals surface area contributed by atoms with Crippen molar-refractivity contribution in [3.63, 3.8) is 0 Å². The van der Waals surface area contributed by atoms with Crippen LogP contribution in [0.5, 0.6) is 0 Å². The third-order valence-electron chi connectivity index (χ3n) is 4.27. The average Bonchev–Trinajstić information content (AvgIpc) is 2.77. The van der Waals surface area contributed by atoms with Crippen LogP contribution in [0, 0.1) is 5.92 Å². The molecule has 0 saturated carbocycles. The van der Waals surface area contributed by atoms with E-state index in [0.29, 0.717) is 23.9 Å². The summed E-state index contributed by atoms with van der Waals surface area (Å²) < 4.78 is 0. The van der Waals surface area contributed by atoms with Crippen molar-refractivity contribution in [1.82, 2.24) is 10.2 Å².